The van der Waals surface area contributed by atoms with Crippen LogP contribution in [0, 0.1) is 25.2 Å². The minimum atomic E-state index is -0.612. The summed E-state index contributed by atoms with van der Waals surface area (Å²) in [6.45, 7) is 15.9. The number of ether oxygens (including phenoxy) is 1. The van der Waals surface area contributed by atoms with E-state index in [0.717, 1.165) is 6.42 Å². The van der Waals surface area contributed by atoms with E-state index in [2.05, 4.69) is 27.7 Å². The molecule has 0 aliphatic heterocycles. The molecular formula is C23H38N2O4. The van der Waals surface area contributed by atoms with Crippen LogP contribution in [0.15, 0.2) is 0 Å². The molecule has 164 valence electrons. The Hall–Kier alpha value is -2.11. The van der Waals surface area contributed by atoms with Crippen LogP contribution in [0.2, 0.25) is 0 Å². The van der Waals surface area contributed by atoms with Crippen LogP contribution in [0.1, 0.15) is 86.5 Å². The van der Waals surface area contributed by atoms with Crippen LogP contribution in [0.25, 0.3) is 0 Å². The summed E-state index contributed by atoms with van der Waals surface area (Å²) in [5, 5.41) is 0. The Balaban J connectivity index is 3.05. The molecule has 1 amide bonds. The van der Waals surface area contributed by atoms with Gasteiger partial charge in [-0.15, -0.1) is 0 Å². The Morgan fingerprint density at radius 2 is 1.69 bits per heavy atom. The first-order chi connectivity index (χ1) is 13.2. The predicted molar refractivity (Wildman–Crippen MR) is 115 cm³/mol. The summed E-state index contributed by atoms with van der Waals surface area (Å²) in [7, 11) is 3.42. The third-order valence-corrected chi connectivity index (χ3v) is 5.48. The molecule has 0 aliphatic rings. The molecule has 29 heavy (non-hydrogen) atoms. The topological polar surface area (TPSA) is 68.6 Å². The molecule has 0 saturated heterocycles. The highest BCUT2D eigenvalue weighted by molar-refractivity contribution is 6.06. The lowest BCUT2D eigenvalue weighted by atomic mass is 9.84. The fourth-order valence-electron chi connectivity index (χ4n) is 3.99. The number of carbonyl (C=O) groups is 3. The number of aromatic nitrogens is 1. The van der Waals surface area contributed by atoms with Crippen molar-refractivity contribution in [3.8, 4) is 0 Å². The number of hydrogen-bond donors (Lipinski definition) is 0. The summed E-state index contributed by atoms with van der Waals surface area (Å²) >= 11 is 0. The van der Waals surface area contributed by atoms with Crippen molar-refractivity contribution in [1.29, 1.82) is 0 Å². The van der Waals surface area contributed by atoms with E-state index in [-0.39, 0.29) is 29.6 Å². The molecular weight excluding hydrogens is 368 g/mol. The normalized spacial score (nSPS) is 13.7. The zero-order valence-corrected chi connectivity index (χ0v) is 19.8. The monoisotopic (exact) mass is 406 g/mol. The third kappa shape index (κ3) is 5.94. The SMILES string of the molecule is CCOC(=O)c1c(C)c(C(=O)[C@H](C)N(C)C(=O)C[C@H](C)CC(C)(C)C)c(C)n1C. The molecule has 0 spiro atoms. The molecule has 0 saturated carbocycles. The van der Waals surface area contributed by atoms with E-state index < -0.39 is 12.0 Å². The second-order valence-corrected chi connectivity index (χ2v) is 9.33. The Kier molecular flexibility index (Phi) is 8.25. The molecule has 6 nitrogen and oxygen atoms in total. The van der Waals surface area contributed by atoms with E-state index in [1.165, 1.54) is 4.90 Å². The number of carbonyl (C=O) groups excluding carboxylic acids is 3. The number of ketones is 1. The summed E-state index contributed by atoms with van der Waals surface area (Å²) in [6, 6.07) is -0.612. The highest BCUT2D eigenvalue weighted by atomic mass is 16.5. The van der Waals surface area contributed by atoms with Crippen molar-refractivity contribution in [2.24, 2.45) is 18.4 Å². The highest BCUT2D eigenvalue weighted by Crippen LogP contribution is 2.27. The van der Waals surface area contributed by atoms with Gasteiger partial charge in [0.25, 0.3) is 0 Å². The molecule has 0 N–H and O–H groups in total. The molecule has 6 heteroatoms. The van der Waals surface area contributed by atoms with Gasteiger partial charge in [-0.05, 0) is 51.0 Å². The summed E-state index contributed by atoms with van der Waals surface area (Å²) in [4.78, 5) is 39.8. The van der Waals surface area contributed by atoms with Gasteiger partial charge in [-0.3, -0.25) is 9.59 Å². The second kappa shape index (κ2) is 9.59. The van der Waals surface area contributed by atoms with E-state index in [9.17, 15) is 14.4 Å². The van der Waals surface area contributed by atoms with Gasteiger partial charge < -0.3 is 14.2 Å². The molecule has 0 bridgehead atoms. The summed E-state index contributed by atoms with van der Waals surface area (Å²) < 4.78 is 6.83. The van der Waals surface area contributed by atoms with Gasteiger partial charge in [-0.25, -0.2) is 4.79 Å². The van der Waals surface area contributed by atoms with Crippen LogP contribution in [-0.2, 0) is 16.6 Å². The minimum Gasteiger partial charge on any atom is -0.461 e. The van der Waals surface area contributed by atoms with E-state index >= 15 is 0 Å². The van der Waals surface area contributed by atoms with Crippen molar-refractivity contribution in [3.63, 3.8) is 0 Å². The smallest absolute Gasteiger partial charge is 0.355 e. The molecule has 0 radical (unpaired) electrons. The molecule has 1 heterocycles. The minimum absolute atomic E-state index is 0.0422. The Morgan fingerprint density at radius 3 is 2.17 bits per heavy atom. The molecule has 0 aliphatic carbocycles. The first-order valence-electron chi connectivity index (χ1n) is 10.4. The lowest BCUT2D eigenvalue weighted by Gasteiger charge is -2.28. The largest absolute Gasteiger partial charge is 0.461 e. The van der Waals surface area contributed by atoms with Gasteiger partial charge in [0.05, 0.1) is 12.6 Å². The fraction of sp³-hybridized carbons (Fsp3) is 0.696. The standard InChI is InChI=1S/C23H38N2O4/c1-11-29-22(28)20-15(3)19(16(4)25(20)10)21(27)17(5)24(9)18(26)12-14(2)13-23(6,7)8/h14,17H,11-13H2,1-10H3/t14-,17-/m0/s1. The first kappa shape index (κ1) is 24.9. The number of amides is 1. The van der Waals surface area contributed by atoms with Gasteiger partial charge in [-0.1, -0.05) is 27.7 Å². The Morgan fingerprint density at radius 1 is 1.14 bits per heavy atom. The Bertz CT molecular complexity index is 771. The number of esters is 1. The summed E-state index contributed by atoms with van der Waals surface area (Å²) in [6.07, 6.45) is 1.35. The van der Waals surface area contributed by atoms with Crippen molar-refractivity contribution in [1.82, 2.24) is 9.47 Å². The number of likely N-dealkylation sites (N-methyl/N-ethyl adjacent to an activating group) is 1. The molecule has 0 unspecified atom stereocenters. The summed E-state index contributed by atoms with van der Waals surface area (Å²) in [5.41, 5.74) is 2.33. The van der Waals surface area contributed by atoms with Crippen LogP contribution >= 0.6 is 0 Å². The number of rotatable bonds is 8. The second-order valence-electron chi connectivity index (χ2n) is 9.33. The molecule has 0 fully saturated rings. The quantitative estimate of drug-likeness (QED) is 0.476. The fourth-order valence-corrected chi connectivity index (χ4v) is 3.99. The average molecular weight is 407 g/mol. The Labute approximate surface area is 175 Å². The van der Waals surface area contributed by atoms with E-state index in [0.29, 0.717) is 28.9 Å². The zero-order valence-electron chi connectivity index (χ0n) is 19.8. The van der Waals surface area contributed by atoms with Crippen molar-refractivity contribution in [2.45, 2.75) is 74.3 Å². The van der Waals surface area contributed by atoms with Crippen LogP contribution in [0.3, 0.4) is 0 Å². The number of nitrogens with zero attached hydrogens (tertiary/aromatic N) is 2. The molecule has 1 rings (SSSR count). The molecule has 1 aromatic rings. The van der Waals surface area contributed by atoms with Gasteiger partial charge in [-0.2, -0.15) is 0 Å². The molecule has 1 aromatic heterocycles. The van der Waals surface area contributed by atoms with Gasteiger partial charge in [0.1, 0.15) is 5.69 Å². The number of hydrogen-bond acceptors (Lipinski definition) is 4. The molecule has 2 atom stereocenters. The zero-order chi connectivity index (χ0) is 22.7. The summed E-state index contributed by atoms with van der Waals surface area (Å²) in [5.74, 6) is -0.407. The van der Waals surface area contributed by atoms with Crippen molar-refractivity contribution >= 4 is 17.7 Å². The lowest BCUT2D eigenvalue weighted by molar-refractivity contribution is -0.132. The van der Waals surface area contributed by atoms with Gasteiger partial charge in [0.15, 0.2) is 5.78 Å². The van der Waals surface area contributed by atoms with Crippen LogP contribution in [0.4, 0.5) is 0 Å². The first-order valence-corrected chi connectivity index (χ1v) is 10.4. The van der Waals surface area contributed by atoms with Crippen LogP contribution < -0.4 is 0 Å². The number of Topliss-reactive ketones (excluding diaryl/α,β-unsaturated/α-hetero) is 1. The van der Waals surface area contributed by atoms with E-state index in [1.807, 2.05) is 6.92 Å². The van der Waals surface area contributed by atoms with Gasteiger partial charge >= 0.3 is 5.97 Å². The van der Waals surface area contributed by atoms with Crippen molar-refractivity contribution < 1.29 is 19.1 Å². The maximum atomic E-state index is 13.2. The van der Waals surface area contributed by atoms with Crippen LogP contribution in [-0.4, -0.2) is 46.8 Å². The highest BCUT2D eigenvalue weighted by Gasteiger charge is 2.31. The van der Waals surface area contributed by atoms with Crippen molar-refractivity contribution in [3.05, 3.63) is 22.5 Å². The lowest BCUT2D eigenvalue weighted by Crippen LogP contribution is -2.41. The predicted octanol–water partition coefficient (Wildman–Crippen LogP) is 4.31. The van der Waals surface area contributed by atoms with Crippen molar-refractivity contribution in [2.75, 3.05) is 13.7 Å². The average Bonchev–Trinajstić information content (AvgIpc) is 2.80. The van der Waals surface area contributed by atoms with E-state index in [1.54, 1.807) is 39.4 Å². The molecule has 0 aromatic carbocycles. The third-order valence-electron chi connectivity index (χ3n) is 5.48. The van der Waals surface area contributed by atoms with Gasteiger partial charge in [0.2, 0.25) is 5.91 Å². The van der Waals surface area contributed by atoms with Crippen LogP contribution in [0.5, 0.6) is 0 Å². The van der Waals surface area contributed by atoms with E-state index in [4.69, 9.17) is 4.74 Å². The maximum absolute atomic E-state index is 13.2. The maximum Gasteiger partial charge on any atom is 0.355 e. The van der Waals surface area contributed by atoms with Gasteiger partial charge in [0, 0.05) is 31.8 Å².